The van der Waals surface area contributed by atoms with Crippen molar-refractivity contribution >= 4 is 5.97 Å². The van der Waals surface area contributed by atoms with Crippen LogP contribution in [-0.2, 0) is 33.2 Å². The highest BCUT2D eigenvalue weighted by Crippen LogP contribution is 2.83. The molecule has 4 saturated heterocycles. The second-order valence-corrected chi connectivity index (χ2v) is 21.0. The van der Waals surface area contributed by atoms with Gasteiger partial charge in [-0.05, 0) is 85.9 Å². The maximum atomic E-state index is 14.1. The highest BCUT2D eigenvalue weighted by atomic mass is 16.8. The SMILES string of the molecule is CC1(C)CC[C@@]23CC[C@]4(C)[C@@](OC2=O)(C3C1)[C@H]1O[C@H]1[C@@H]1[C@@]2(C)CC[C@H](O[C@@H]3OC[C@H](O)[C@H](O)[C@H]3O[C@@H]3O[C@H](CO)[C@@H](O)[C@H](O)[C@H]3O)[C@@](C)(CO)[C@@H]2CC[C@]14C. The van der Waals surface area contributed by atoms with Gasteiger partial charge in [0.2, 0.25) is 0 Å². The van der Waals surface area contributed by atoms with E-state index in [1.165, 1.54) is 0 Å². The molecule has 0 aromatic heterocycles. The number of aliphatic hydroxyl groups excluding tert-OH is 7. The fraction of sp³-hybridized carbons (Fsp3) is 0.976. The van der Waals surface area contributed by atoms with Gasteiger partial charge in [-0.1, -0.05) is 41.5 Å². The van der Waals surface area contributed by atoms with E-state index in [2.05, 4.69) is 41.5 Å². The monoisotopic (exact) mass is 780 g/mol. The van der Waals surface area contributed by atoms with Gasteiger partial charge in [-0.15, -0.1) is 0 Å². The molecule has 312 valence electrons. The first kappa shape index (κ1) is 39.5. The van der Waals surface area contributed by atoms with Gasteiger partial charge < -0.3 is 64.2 Å². The molecule has 21 atom stereocenters. The van der Waals surface area contributed by atoms with E-state index >= 15 is 0 Å². The van der Waals surface area contributed by atoms with Crippen LogP contribution in [0.15, 0.2) is 0 Å². The molecule has 1 spiro atoms. The Morgan fingerprint density at radius 2 is 1.49 bits per heavy atom. The van der Waals surface area contributed by atoms with Crippen molar-refractivity contribution in [2.75, 3.05) is 19.8 Å². The topological polar surface area (TPSA) is 217 Å². The van der Waals surface area contributed by atoms with Crippen LogP contribution in [0.1, 0.15) is 99.3 Å². The number of carbonyl (C=O) groups is 1. The highest BCUT2D eigenvalue weighted by molar-refractivity contribution is 5.82. The van der Waals surface area contributed by atoms with Gasteiger partial charge in [-0.3, -0.25) is 4.79 Å². The van der Waals surface area contributed by atoms with E-state index in [1.54, 1.807) is 0 Å². The lowest BCUT2D eigenvalue weighted by Crippen LogP contribution is -2.75. The van der Waals surface area contributed by atoms with Crippen molar-refractivity contribution in [3.8, 4) is 0 Å². The van der Waals surface area contributed by atoms with Gasteiger partial charge in [0.05, 0.1) is 37.4 Å². The van der Waals surface area contributed by atoms with Crippen molar-refractivity contribution in [1.29, 1.82) is 0 Å². The summed E-state index contributed by atoms with van der Waals surface area (Å²) in [6.45, 7) is 12.8. The summed E-state index contributed by atoms with van der Waals surface area (Å²) in [4.78, 5) is 14.1. The van der Waals surface area contributed by atoms with Crippen molar-refractivity contribution in [3.05, 3.63) is 0 Å². The normalized spacial score (nSPS) is 60.4. The van der Waals surface area contributed by atoms with E-state index in [0.717, 1.165) is 51.4 Å². The summed E-state index contributed by atoms with van der Waals surface area (Å²) < 4.78 is 38.0. The smallest absolute Gasteiger partial charge is 0.313 e. The Balaban J connectivity index is 0.996. The number of epoxide rings is 1. The lowest BCUT2D eigenvalue weighted by Gasteiger charge is -2.72. The molecule has 5 aliphatic carbocycles. The van der Waals surface area contributed by atoms with Crippen LogP contribution >= 0.6 is 0 Å². The molecule has 0 radical (unpaired) electrons. The summed E-state index contributed by atoms with van der Waals surface area (Å²) in [6.07, 6.45) is -6.50. The van der Waals surface area contributed by atoms with Crippen LogP contribution in [0.4, 0.5) is 0 Å². The van der Waals surface area contributed by atoms with Crippen molar-refractivity contribution in [3.63, 3.8) is 0 Å². The molecule has 4 aliphatic heterocycles. The summed E-state index contributed by atoms with van der Waals surface area (Å²) in [5.74, 6) is 0.285. The predicted octanol–water partition coefficient (Wildman–Crippen LogP) is 1.16. The van der Waals surface area contributed by atoms with Gasteiger partial charge in [0, 0.05) is 16.7 Å². The van der Waals surface area contributed by atoms with Crippen LogP contribution in [-0.4, -0.2) is 141 Å². The summed E-state index contributed by atoms with van der Waals surface area (Å²) in [5, 5.41) is 74.2. The van der Waals surface area contributed by atoms with Crippen LogP contribution < -0.4 is 0 Å². The maximum absolute atomic E-state index is 14.1. The fourth-order valence-electron chi connectivity index (χ4n) is 14.9. The molecular weight excluding hydrogens is 716 g/mol. The third-order valence-electron chi connectivity index (χ3n) is 18.2. The Morgan fingerprint density at radius 3 is 2.20 bits per heavy atom. The number of hydrogen-bond donors (Lipinski definition) is 7. The maximum Gasteiger partial charge on any atom is 0.313 e. The van der Waals surface area contributed by atoms with Gasteiger partial charge in [-0.25, -0.2) is 0 Å². The Hall–Kier alpha value is -1.01. The van der Waals surface area contributed by atoms with E-state index in [1.807, 2.05) is 0 Å². The quantitative estimate of drug-likeness (QED) is 0.114. The third kappa shape index (κ3) is 4.94. The minimum Gasteiger partial charge on any atom is -0.455 e. The molecule has 0 aromatic carbocycles. The molecule has 1 unspecified atom stereocenters. The summed E-state index contributed by atoms with van der Waals surface area (Å²) in [5.41, 5.74) is -2.47. The molecule has 0 aromatic rings. The molecule has 55 heavy (non-hydrogen) atoms. The Labute approximate surface area is 323 Å². The lowest BCUT2D eigenvalue weighted by atomic mass is 9.30. The lowest BCUT2D eigenvalue weighted by molar-refractivity contribution is -0.369. The van der Waals surface area contributed by atoms with E-state index in [9.17, 15) is 40.5 Å². The summed E-state index contributed by atoms with van der Waals surface area (Å²) >= 11 is 0. The molecule has 14 heteroatoms. The van der Waals surface area contributed by atoms with Crippen LogP contribution in [0.2, 0.25) is 0 Å². The molecule has 9 aliphatic rings. The first-order chi connectivity index (χ1) is 25.8. The standard InChI is InChI=1S/C41H64O14/c1-35(2)11-13-40-14-12-39(6)38(5)10-7-21-36(3,30(38)29-31(53-29)41(39,22(40)15-35)55-34(40)49)9-8-23(37(21,4)18-43)52-33-28(24(45)19(44)17-50-33)54-32-27(48)26(47)25(46)20(16-42)51-32/h19-33,42-48H,7-18H2,1-6H3/t19-,20+,21+,22?,23-,24-,25+,26-,27+,28+,29-,30+,31-,32-,33-,36-,37-,38+,39-,40-,41+/m0/s1. The number of fused-ring (bicyclic) bond motifs is 6. The number of esters is 1. The largest absolute Gasteiger partial charge is 0.455 e. The fourth-order valence-corrected chi connectivity index (χ4v) is 14.9. The zero-order valence-electron chi connectivity index (χ0n) is 33.1. The van der Waals surface area contributed by atoms with Crippen molar-refractivity contribution < 1.29 is 69.0 Å². The number of hydrogen-bond acceptors (Lipinski definition) is 14. The van der Waals surface area contributed by atoms with E-state index in [-0.39, 0.29) is 70.8 Å². The van der Waals surface area contributed by atoms with E-state index in [0.29, 0.717) is 6.42 Å². The highest BCUT2D eigenvalue weighted by Gasteiger charge is 2.89. The summed E-state index contributed by atoms with van der Waals surface area (Å²) in [7, 11) is 0. The average molecular weight is 781 g/mol. The zero-order valence-corrected chi connectivity index (χ0v) is 33.1. The molecule has 4 heterocycles. The van der Waals surface area contributed by atoms with Crippen molar-refractivity contribution in [2.24, 2.45) is 50.2 Å². The Bertz CT molecular complexity index is 1540. The number of aliphatic hydroxyl groups is 7. The zero-order chi connectivity index (χ0) is 39.5. The Kier molecular flexibility index (Phi) is 8.98. The van der Waals surface area contributed by atoms with Crippen LogP contribution in [0.5, 0.6) is 0 Å². The minimum absolute atomic E-state index is 0.00479. The molecule has 5 saturated carbocycles. The average Bonchev–Trinajstić information content (AvgIpc) is 3.90. The van der Waals surface area contributed by atoms with Gasteiger partial charge in [0.15, 0.2) is 18.2 Å². The Morgan fingerprint density at radius 1 is 0.764 bits per heavy atom. The molecule has 7 N–H and O–H groups in total. The molecular formula is C41H64O14. The van der Waals surface area contributed by atoms with Gasteiger partial charge in [0.25, 0.3) is 0 Å². The molecule has 14 nitrogen and oxygen atoms in total. The first-order valence-corrected chi connectivity index (χ1v) is 20.9. The van der Waals surface area contributed by atoms with Crippen molar-refractivity contribution in [2.45, 2.75) is 179 Å². The first-order valence-electron chi connectivity index (χ1n) is 20.9. The van der Waals surface area contributed by atoms with E-state index in [4.69, 9.17) is 28.4 Å². The van der Waals surface area contributed by atoms with Gasteiger partial charge in [0.1, 0.15) is 48.8 Å². The predicted molar refractivity (Wildman–Crippen MR) is 191 cm³/mol. The van der Waals surface area contributed by atoms with E-state index < -0.39 is 84.4 Å². The van der Waals surface area contributed by atoms with Gasteiger partial charge in [-0.2, -0.15) is 0 Å². The van der Waals surface area contributed by atoms with Crippen LogP contribution in [0, 0.1) is 50.2 Å². The van der Waals surface area contributed by atoms with Crippen molar-refractivity contribution in [1.82, 2.24) is 0 Å². The number of carbonyl (C=O) groups excluding carboxylic acids is 1. The molecule has 9 fully saturated rings. The second-order valence-electron chi connectivity index (χ2n) is 21.0. The molecule has 9 rings (SSSR count). The second kappa shape index (κ2) is 12.5. The molecule has 0 amide bonds. The van der Waals surface area contributed by atoms with Crippen LogP contribution in [0.3, 0.4) is 0 Å². The summed E-state index contributed by atoms with van der Waals surface area (Å²) in [6, 6.07) is 0. The number of ether oxygens (including phenoxy) is 6. The third-order valence-corrected chi connectivity index (χ3v) is 18.2. The number of rotatable bonds is 6. The van der Waals surface area contributed by atoms with Gasteiger partial charge >= 0.3 is 5.97 Å². The molecule has 2 bridgehead atoms. The minimum atomic E-state index is -1.73. The van der Waals surface area contributed by atoms with Crippen LogP contribution in [0.25, 0.3) is 0 Å².